The van der Waals surface area contributed by atoms with Crippen LogP contribution < -0.4 is 5.73 Å². The van der Waals surface area contributed by atoms with E-state index in [1.165, 1.54) is 18.2 Å². The van der Waals surface area contributed by atoms with Gasteiger partial charge < -0.3 is 5.73 Å². The summed E-state index contributed by atoms with van der Waals surface area (Å²) >= 11 is 0. The molecule has 2 N–H and O–H groups in total. The molecule has 0 aliphatic carbocycles. The molecule has 110 valence electrons. The molecule has 2 rings (SSSR count). The maximum Gasteiger partial charge on any atom is 0.292 e. The first-order valence-electron chi connectivity index (χ1n) is 6.41. The second-order valence-electron chi connectivity index (χ2n) is 4.95. The first kappa shape index (κ1) is 14.9. The van der Waals surface area contributed by atoms with E-state index in [1.807, 2.05) is 18.0 Å². The molecule has 21 heavy (non-hydrogen) atoms. The fourth-order valence-corrected chi connectivity index (χ4v) is 2.18. The van der Waals surface area contributed by atoms with Crippen LogP contribution in [0.5, 0.6) is 0 Å². The minimum atomic E-state index is -0.504. The van der Waals surface area contributed by atoms with Crippen LogP contribution in [-0.4, -0.2) is 16.9 Å². The van der Waals surface area contributed by atoms with Gasteiger partial charge in [-0.2, -0.15) is 0 Å². The van der Waals surface area contributed by atoms with E-state index in [9.17, 15) is 14.5 Å². The smallest absolute Gasteiger partial charge is 0.292 e. The molecule has 5 nitrogen and oxygen atoms in total. The van der Waals surface area contributed by atoms with Crippen molar-refractivity contribution < 1.29 is 9.31 Å². The van der Waals surface area contributed by atoms with Crippen molar-refractivity contribution in [3.8, 4) is 0 Å². The number of nitro groups is 1. The number of rotatable bonds is 5. The first-order chi connectivity index (χ1) is 9.95. The van der Waals surface area contributed by atoms with E-state index in [2.05, 4.69) is 0 Å². The number of benzene rings is 2. The third-order valence-corrected chi connectivity index (χ3v) is 3.08. The van der Waals surface area contributed by atoms with Gasteiger partial charge in [-0.05, 0) is 36.4 Å². The third-order valence-electron chi connectivity index (χ3n) is 3.08. The third kappa shape index (κ3) is 4.00. The van der Waals surface area contributed by atoms with Gasteiger partial charge in [0.2, 0.25) is 0 Å². The zero-order chi connectivity index (χ0) is 15.4. The van der Waals surface area contributed by atoms with E-state index in [0.29, 0.717) is 13.1 Å². The highest BCUT2D eigenvalue weighted by atomic mass is 19.1. The van der Waals surface area contributed by atoms with Crippen molar-refractivity contribution >= 4 is 11.4 Å². The van der Waals surface area contributed by atoms with Crippen molar-refractivity contribution in [2.75, 3.05) is 12.8 Å². The van der Waals surface area contributed by atoms with Crippen LogP contribution in [0, 0.1) is 15.9 Å². The molecule has 0 saturated carbocycles. The van der Waals surface area contributed by atoms with Gasteiger partial charge in [-0.1, -0.05) is 18.2 Å². The van der Waals surface area contributed by atoms with Crippen LogP contribution in [0.4, 0.5) is 15.8 Å². The summed E-state index contributed by atoms with van der Waals surface area (Å²) in [6.07, 6.45) is 0. The van der Waals surface area contributed by atoms with Gasteiger partial charge in [0.15, 0.2) is 0 Å². The molecule has 0 saturated heterocycles. The predicted molar refractivity (Wildman–Crippen MR) is 79.1 cm³/mol. The Hall–Kier alpha value is -2.47. The largest absolute Gasteiger partial charge is 0.393 e. The number of nitrogens with zero attached hydrogens (tertiary/aromatic N) is 2. The second-order valence-corrected chi connectivity index (χ2v) is 4.95. The Balaban J connectivity index is 2.04. The summed E-state index contributed by atoms with van der Waals surface area (Å²) in [5, 5.41) is 10.7. The molecule has 0 aliphatic heterocycles. The van der Waals surface area contributed by atoms with Gasteiger partial charge in [-0.3, -0.25) is 15.0 Å². The topological polar surface area (TPSA) is 72.4 Å². The quantitative estimate of drug-likeness (QED) is 0.522. The van der Waals surface area contributed by atoms with Crippen LogP contribution in [0.25, 0.3) is 0 Å². The summed E-state index contributed by atoms with van der Waals surface area (Å²) in [6, 6.07) is 11.1. The lowest BCUT2D eigenvalue weighted by molar-refractivity contribution is -0.383. The zero-order valence-electron chi connectivity index (χ0n) is 11.6. The molecule has 2 aromatic rings. The zero-order valence-corrected chi connectivity index (χ0v) is 11.6. The van der Waals surface area contributed by atoms with E-state index in [0.717, 1.165) is 11.1 Å². The molecule has 0 heterocycles. The van der Waals surface area contributed by atoms with Crippen LogP contribution in [0.3, 0.4) is 0 Å². The van der Waals surface area contributed by atoms with Crippen LogP contribution in [-0.2, 0) is 13.1 Å². The SMILES string of the molecule is CN(Cc1cccc(F)c1)Cc1ccc([N+](=O)[O-])c(N)c1. The number of hydrogen-bond donors (Lipinski definition) is 1. The summed E-state index contributed by atoms with van der Waals surface area (Å²) in [5.74, 6) is -0.263. The van der Waals surface area contributed by atoms with Gasteiger partial charge in [0, 0.05) is 19.2 Å². The van der Waals surface area contributed by atoms with Gasteiger partial charge in [-0.25, -0.2) is 4.39 Å². The Kier molecular flexibility index (Phi) is 4.49. The average molecular weight is 289 g/mol. The van der Waals surface area contributed by atoms with Gasteiger partial charge in [0.05, 0.1) is 4.92 Å². The Morgan fingerprint density at radius 1 is 1.19 bits per heavy atom. The highest BCUT2D eigenvalue weighted by molar-refractivity contribution is 5.59. The Labute approximate surface area is 122 Å². The van der Waals surface area contributed by atoms with E-state index in [-0.39, 0.29) is 17.2 Å². The number of anilines is 1. The molecule has 0 spiro atoms. The van der Waals surface area contributed by atoms with Crippen molar-refractivity contribution in [2.45, 2.75) is 13.1 Å². The standard InChI is InChI=1S/C15H16FN3O2/c1-18(9-11-3-2-4-13(16)7-11)10-12-5-6-15(19(20)21)14(17)8-12/h2-8H,9-10,17H2,1H3. The summed E-state index contributed by atoms with van der Waals surface area (Å²) in [6.45, 7) is 1.15. The van der Waals surface area contributed by atoms with Gasteiger partial charge >= 0.3 is 0 Å². The van der Waals surface area contributed by atoms with E-state index >= 15 is 0 Å². The number of halogens is 1. The lowest BCUT2D eigenvalue weighted by atomic mass is 10.1. The number of nitrogen functional groups attached to an aromatic ring is 1. The molecule has 6 heteroatoms. The first-order valence-corrected chi connectivity index (χ1v) is 6.41. The maximum absolute atomic E-state index is 13.1. The van der Waals surface area contributed by atoms with Crippen LogP contribution in [0.15, 0.2) is 42.5 Å². The molecule has 0 radical (unpaired) electrons. The number of nitro benzene ring substituents is 1. The van der Waals surface area contributed by atoms with Crippen LogP contribution in [0.1, 0.15) is 11.1 Å². The van der Waals surface area contributed by atoms with Crippen molar-refractivity contribution in [1.82, 2.24) is 4.90 Å². The number of hydrogen-bond acceptors (Lipinski definition) is 4. The minimum Gasteiger partial charge on any atom is -0.393 e. The molecule has 0 amide bonds. The summed E-state index contributed by atoms with van der Waals surface area (Å²) in [5.41, 5.74) is 7.46. The molecule has 0 aliphatic rings. The van der Waals surface area contributed by atoms with Crippen molar-refractivity contribution in [2.24, 2.45) is 0 Å². The van der Waals surface area contributed by atoms with E-state index in [1.54, 1.807) is 18.2 Å². The molecule has 0 unspecified atom stereocenters. The van der Waals surface area contributed by atoms with Crippen molar-refractivity contribution in [1.29, 1.82) is 0 Å². The van der Waals surface area contributed by atoms with E-state index < -0.39 is 4.92 Å². The van der Waals surface area contributed by atoms with Gasteiger partial charge in [0.1, 0.15) is 11.5 Å². The lowest BCUT2D eigenvalue weighted by Crippen LogP contribution is -2.17. The molecule has 2 aromatic carbocycles. The van der Waals surface area contributed by atoms with Crippen LogP contribution >= 0.6 is 0 Å². The fraction of sp³-hybridized carbons (Fsp3) is 0.200. The summed E-state index contributed by atoms with van der Waals surface area (Å²) in [7, 11) is 1.89. The molecular weight excluding hydrogens is 273 g/mol. The second kappa shape index (κ2) is 6.32. The monoisotopic (exact) mass is 289 g/mol. The normalized spacial score (nSPS) is 10.8. The van der Waals surface area contributed by atoms with E-state index in [4.69, 9.17) is 5.73 Å². The molecular formula is C15H16FN3O2. The average Bonchev–Trinajstić information content (AvgIpc) is 2.38. The van der Waals surface area contributed by atoms with Gasteiger partial charge in [0.25, 0.3) is 5.69 Å². The maximum atomic E-state index is 13.1. The number of nitrogens with two attached hydrogens (primary N) is 1. The Bertz CT molecular complexity index is 661. The Morgan fingerprint density at radius 2 is 1.86 bits per heavy atom. The van der Waals surface area contributed by atoms with Crippen molar-refractivity contribution in [3.63, 3.8) is 0 Å². The fourth-order valence-electron chi connectivity index (χ4n) is 2.18. The molecule has 0 bridgehead atoms. The molecule has 0 atom stereocenters. The predicted octanol–water partition coefficient (Wildman–Crippen LogP) is 2.95. The molecule has 0 aromatic heterocycles. The summed E-state index contributed by atoms with van der Waals surface area (Å²) < 4.78 is 13.1. The minimum absolute atomic E-state index is 0.0912. The highest BCUT2D eigenvalue weighted by Crippen LogP contribution is 2.22. The Morgan fingerprint density at radius 3 is 2.43 bits per heavy atom. The lowest BCUT2D eigenvalue weighted by Gasteiger charge is -2.17. The highest BCUT2D eigenvalue weighted by Gasteiger charge is 2.12. The van der Waals surface area contributed by atoms with Crippen molar-refractivity contribution in [3.05, 3.63) is 69.5 Å². The summed E-state index contributed by atoms with van der Waals surface area (Å²) in [4.78, 5) is 12.2. The van der Waals surface area contributed by atoms with Gasteiger partial charge in [-0.15, -0.1) is 0 Å². The molecule has 0 fully saturated rings. The van der Waals surface area contributed by atoms with Crippen LogP contribution in [0.2, 0.25) is 0 Å².